The van der Waals surface area contributed by atoms with E-state index in [2.05, 4.69) is 15.7 Å². The lowest BCUT2D eigenvalue weighted by Crippen LogP contribution is -2.37. The maximum absolute atomic E-state index is 10.8. The highest BCUT2D eigenvalue weighted by atomic mass is 16.6. The molecule has 0 fully saturated rings. The van der Waals surface area contributed by atoms with Gasteiger partial charge in [0.25, 0.3) is 0 Å². The summed E-state index contributed by atoms with van der Waals surface area (Å²) in [7, 11) is 0. The molecule has 0 aromatic carbocycles. The third-order valence-corrected chi connectivity index (χ3v) is 2.20. The average molecular weight is 257 g/mol. The van der Waals surface area contributed by atoms with E-state index < -0.39 is 17.1 Å². The average Bonchev–Trinajstić information content (AvgIpc) is 2.36. The number of pyridine rings is 1. The van der Waals surface area contributed by atoms with Crippen molar-refractivity contribution >= 4 is 17.3 Å². The molecule has 0 radical (unpaired) electrons. The maximum Gasteiger partial charge on any atom is 0.311 e. The van der Waals surface area contributed by atoms with Crippen LogP contribution in [0, 0.1) is 10.1 Å². The largest absolute Gasteiger partial charge is 0.393 e. The standard InChI is InChI=1S/C9H15N5O4/c1-9(16,5-15)4-11-8-6(14(17)18)2-3-7(12-8)13-10/h2-3,15-16H,4-5,10H2,1H3,(H2,11,12,13). The van der Waals surface area contributed by atoms with Crippen LogP contribution in [0.5, 0.6) is 0 Å². The van der Waals surface area contributed by atoms with Crippen molar-refractivity contribution in [1.29, 1.82) is 0 Å². The van der Waals surface area contributed by atoms with Gasteiger partial charge in [0.05, 0.1) is 11.5 Å². The molecule has 18 heavy (non-hydrogen) atoms. The van der Waals surface area contributed by atoms with E-state index in [0.717, 1.165) is 0 Å². The van der Waals surface area contributed by atoms with Gasteiger partial charge in [0.15, 0.2) is 0 Å². The number of rotatable bonds is 6. The fourth-order valence-corrected chi connectivity index (χ4v) is 1.14. The summed E-state index contributed by atoms with van der Waals surface area (Å²) in [6, 6.07) is 2.59. The molecule has 0 spiro atoms. The van der Waals surface area contributed by atoms with Gasteiger partial charge in [0.1, 0.15) is 11.4 Å². The molecule has 100 valence electrons. The number of nitrogen functional groups attached to an aromatic ring is 1. The van der Waals surface area contributed by atoms with E-state index in [1.54, 1.807) is 0 Å². The number of hydrogen-bond donors (Lipinski definition) is 5. The van der Waals surface area contributed by atoms with Crippen molar-refractivity contribution in [1.82, 2.24) is 4.98 Å². The van der Waals surface area contributed by atoms with Crippen LogP contribution in [0.25, 0.3) is 0 Å². The van der Waals surface area contributed by atoms with Gasteiger partial charge in [-0.1, -0.05) is 0 Å². The molecule has 1 unspecified atom stereocenters. The second-order valence-corrected chi connectivity index (χ2v) is 3.97. The molecular formula is C9H15N5O4. The molecule has 1 aromatic rings. The highest BCUT2D eigenvalue weighted by Gasteiger charge is 2.22. The Balaban J connectivity index is 2.94. The maximum atomic E-state index is 10.8. The highest BCUT2D eigenvalue weighted by Crippen LogP contribution is 2.24. The molecule has 1 aromatic heterocycles. The first-order chi connectivity index (χ1) is 8.39. The van der Waals surface area contributed by atoms with Gasteiger partial charge in [-0.05, 0) is 13.0 Å². The van der Waals surface area contributed by atoms with Crippen LogP contribution in [0.3, 0.4) is 0 Å². The molecule has 0 aliphatic heterocycles. The number of anilines is 2. The Bertz CT molecular complexity index is 437. The third-order valence-electron chi connectivity index (χ3n) is 2.20. The topological polar surface area (TPSA) is 147 Å². The van der Waals surface area contributed by atoms with Gasteiger partial charge in [-0.3, -0.25) is 10.1 Å². The Kier molecular flexibility index (Phi) is 4.37. The zero-order valence-corrected chi connectivity index (χ0v) is 9.75. The van der Waals surface area contributed by atoms with Gasteiger partial charge < -0.3 is 21.0 Å². The lowest BCUT2D eigenvalue weighted by atomic mass is 10.1. The van der Waals surface area contributed by atoms with Crippen LogP contribution in [0.4, 0.5) is 17.3 Å². The van der Waals surface area contributed by atoms with Crippen LogP contribution in [-0.2, 0) is 0 Å². The SMILES string of the molecule is CC(O)(CO)CNc1nc(NN)ccc1[N+](=O)[O-]. The first kappa shape index (κ1) is 14.1. The first-order valence-corrected chi connectivity index (χ1v) is 5.09. The molecule has 0 saturated heterocycles. The summed E-state index contributed by atoms with van der Waals surface area (Å²) in [5, 5.41) is 31.8. The zero-order chi connectivity index (χ0) is 13.8. The Morgan fingerprint density at radius 2 is 2.28 bits per heavy atom. The molecule has 0 amide bonds. The molecule has 0 saturated carbocycles. The Hall–Kier alpha value is -1.97. The molecule has 1 rings (SSSR count). The van der Waals surface area contributed by atoms with Crippen LogP contribution in [0.1, 0.15) is 6.92 Å². The monoisotopic (exact) mass is 257 g/mol. The van der Waals surface area contributed by atoms with E-state index >= 15 is 0 Å². The second kappa shape index (κ2) is 5.58. The summed E-state index contributed by atoms with van der Waals surface area (Å²) in [6.45, 7) is 0.810. The predicted octanol–water partition coefficient (Wildman–Crippen LogP) is -0.569. The van der Waals surface area contributed by atoms with Crippen LogP contribution >= 0.6 is 0 Å². The van der Waals surface area contributed by atoms with Crippen molar-refractivity contribution in [3.05, 3.63) is 22.2 Å². The molecule has 1 heterocycles. The van der Waals surface area contributed by atoms with Crippen molar-refractivity contribution in [3.63, 3.8) is 0 Å². The van der Waals surface area contributed by atoms with E-state index in [1.165, 1.54) is 19.1 Å². The number of nitrogens with one attached hydrogen (secondary N) is 2. The number of aromatic nitrogens is 1. The summed E-state index contributed by atoms with van der Waals surface area (Å²) in [6.07, 6.45) is 0. The van der Waals surface area contributed by atoms with Crippen LogP contribution in [0.15, 0.2) is 12.1 Å². The van der Waals surface area contributed by atoms with Gasteiger partial charge in [-0.15, -0.1) is 0 Å². The minimum atomic E-state index is -1.40. The number of nitrogens with zero attached hydrogens (tertiary/aromatic N) is 2. The molecular weight excluding hydrogens is 242 g/mol. The normalized spacial score (nSPS) is 13.8. The summed E-state index contributed by atoms with van der Waals surface area (Å²) in [5.74, 6) is 5.36. The zero-order valence-electron chi connectivity index (χ0n) is 9.75. The summed E-state index contributed by atoms with van der Waals surface area (Å²) in [5.41, 5.74) is 0.610. The lowest BCUT2D eigenvalue weighted by molar-refractivity contribution is -0.384. The number of hydrogen-bond acceptors (Lipinski definition) is 8. The highest BCUT2D eigenvalue weighted by molar-refractivity contribution is 5.60. The van der Waals surface area contributed by atoms with Crippen molar-refractivity contribution in [3.8, 4) is 0 Å². The third kappa shape index (κ3) is 3.52. The minimum Gasteiger partial charge on any atom is -0.393 e. The van der Waals surface area contributed by atoms with Crippen LogP contribution in [-0.4, -0.2) is 38.9 Å². The fourth-order valence-electron chi connectivity index (χ4n) is 1.14. The number of hydrazine groups is 1. The first-order valence-electron chi connectivity index (χ1n) is 5.09. The van der Waals surface area contributed by atoms with Crippen LogP contribution in [0.2, 0.25) is 0 Å². The molecule has 1 atom stereocenters. The van der Waals surface area contributed by atoms with Gasteiger partial charge in [-0.2, -0.15) is 0 Å². The molecule has 6 N–H and O–H groups in total. The smallest absolute Gasteiger partial charge is 0.311 e. The molecule has 0 bridgehead atoms. The number of aliphatic hydroxyl groups excluding tert-OH is 1. The van der Waals surface area contributed by atoms with Crippen molar-refractivity contribution in [2.75, 3.05) is 23.9 Å². The van der Waals surface area contributed by atoms with Gasteiger partial charge in [-0.25, -0.2) is 10.8 Å². The Morgan fingerprint density at radius 3 is 2.78 bits per heavy atom. The van der Waals surface area contributed by atoms with E-state index in [9.17, 15) is 15.2 Å². The molecule has 0 aliphatic carbocycles. The lowest BCUT2D eigenvalue weighted by Gasteiger charge is -2.20. The Morgan fingerprint density at radius 1 is 1.61 bits per heavy atom. The number of aliphatic hydroxyl groups is 2. The van der Waals surface area contributed by atoms with Crippen molar-refractivity contribution in [2.45, 2.75) is 12.5 Å². The van der Waals surface area contributed by atoms with E-state index in [1.807, 2.05) is 0 Å². The predicted molar refractivity (Wildman–Crippen MR) is 64.9 cm³/mol. The Labute approximate surface area is 103 Å². The van der Waals surface area contributed by atoms with E-state index in [0.29, 0.717) is 0 Å². The van der Waals surface area contributed by atoms with Gasteiger partial charge in [0, 0.05) is 12.6 Å². The summed E-state index contributed by atoms with van der Waals surface area (Å²) in [4.78, 5) is 14.0. The summed E-state index contributed by atoms with van der Waals surface area (Å²) >= 11 is 0. The van der Waals surface area contributed by atoms with E-state index in [4.69, 9.17) is 10.9 Å². The fraction of sp³-hybridized carbons (Fsp3) is 0.444. The van der Waals surface area contributed by atoms with Crippen molar-refractivity contribution in [2.24, 2.45) is 5.84 Å². The van der Waals surface area contributed by atoms with Gasteiger partial charge >= 0.3 is 5.69 Å². The number of nitro groups is 1. The molecule has 9 heteroatoms. The molecule has 9 nitrogen and oxygen atoms in total. The van der Waals surface area contributed by atoms with Crippen molar-refractivity contribution < 1.29 is 15.1 Å². The molecule has 0 aliphatic rings. The number of nitrogens with two attached hydrogens (primary N) is 1. The van der Waals surface area contributed by atoms with E-state index in [-0.39, 0.29) is 23.9 Å². The minimum absolute atomic E-state index is 0.0378. The van der Waals surface area contributed by atoms with Gasteiger partial charge in [0.2, 0.25) is 5.82 Å². The summed E-state index contributed by atoms with van der Waals surface area (Å²) < 4.78 is 0. The van der Waals surface area contributed by atoms with Crippen LogP contribution < -0.4 is 16.6 Å². The second-order valence-electron chi connectivity index (χ2n) is 3.97. The quantitative estimate of drug-likeness (QED) is 0.258.